The second kappa shape index (κ2) is 5.90. The van der Waals surface area contributed by atoms with Crippen LogP contribution in [-0.2, 0) is 11.3 Å². The molecule has 0 atom stereocenters. The first-order valence-electron chi connectivity index (χ1n) is 5.16. The standard InChI is InChI=1S/C11H12N2O2S2/c14-10(15)3-4-12-6-8-7-17-11(13-8)9-2-1-5-16-9/h1-2,5,7,12H,3-4,6H2,(H,14,15). The van der Waals surface area contributed by atoms with E-state index in [-0.39, 0.29) is 6.42 Å². The first-order chi connectivity index (χ1) is 8.25. The number of carboxylic acid groups (broad SMARTS) is 1. The molecule has 0 unspecified atom stereocenters. The summed E-state index contributed by atoms with van der Waals surface area (Å²) < 4.78 is 0. The SMILES string of the molecule is O=C(O)CCNCc1csc(-c2cccs2)n1. The molecular weight excluding hydrogens is 256 g/mol. The molecule has 0 saturated heterocycles. The van der Waals surface area contributed by atoms with Gasteiger partial charge in [0.05, 0.1) is 17.0 Å². The molecular formula is C11H12N2O2S2. The van der Waals surface area contributed by atoms with Crippen LogP contribution in [0.4, 0.5) is 0 Å². The Morgan fingerprint density at radius 1 is 1.47 bits per heavy atom. The average molecular weight is 268 g/mol. The number of nitrogens with one attached hydrogen (secondary N) is 1. The van der Waals surface area contributed by atoms with Crippen molar-refractivity contribution in [3.63, 3.8) is 0 Å². The van der Waals surface area contributed by atoms with Crippen molar-refractivity contribution in [1.29, 1.82) is 0 Å². The van der Waals surface area contributed by atoms with Crippen molar-refractivity contribution in [3.8, 4) is 9.88 Å². The van der Waals surface area contributed by atoms with Gasteiger partial charge in [-0.2, -0.15) is 0 Å². The number of rotatable bonds is 6. The van der Waals surface area contributed by atoms with Crippen LogP contribution in [0.5, 0.6) is 0 Å². The molecule has 2 aromatic rings. The van der Waals surface area contributed by atoms with Crippen LogP contribution >= 0.6 is 22.7 Å². The fourth-order valence-corrected chi connectivity index (χ4v) is 2.95. The number of carbonyl (C=O) groups is 1. The van der Waals surface area contributed by atoms with E-state index in [9.17, 15) is 4.79 Å². The van der Waals surface area contributed by atoms with Gasteiger partial charge in [0.2, 0.25) is 0 Å². The van der Waals surface area contributed by atoms with Gasteiger partial charge in [0.1, 0.15) is 5.01 Å². The second-order valence-corrected chi connectivity index (χ2v) is 5.25. The third-order valence-electron chi connectivity index (χ3n) is 2.11. The van der Waals surface area contributed by atoms with Crippen molar-refractivity contribution >= 4 is 28.6 Å². The minimum Gasteiger partial charge on any atom is -0.481 e. The molecule has 0 amide bonds. The highest BCUT2D eigenvalue weighted by atomic mass is 32.1. The molecule has 2 aromatic heterocycles. The fourth-order valence-electron chi connectivity index (χ4n) is 1.31. The molecule has 0 aliphatic heterocycles. The maximum absolute atomic E-state index is 10.3. The zero-order valence-corrected chi connectivity index (χ0v) is 10.7. The first kappa shape index (κ1) is 12.2. The average Bonchev–Trinajstić information content (AvgIpc) is 2.94. The summed E-state index contributed by atoms with van der Waals surface area (Å²) in [5, 5.41) is 16.6. The lowest BCUT2D eigenvalue weighted by atomic mass is 10.4. The number of hydrogen-bond acceptors (Lipinski definition) is 5. The van der Waals surface area contributed by atoms with Gasteiger partial charge in [-0.05, 0) is 11.4 Å². The number of aliphatic carboxylic acids is 1. The van der Waals surface area contributed by atoms with Gasteiger partial charge in [-0.15, -0.1) is 22.7 Å². The van der Waals surface area contributed by atoms with Crippen LogP contribution in [0.3, 0.4) is 0 Å². The molecule has 2 rings (SSSR count). The third-order valence-corrected chi connectivity index (χ3v) is 4.04. The van der Waals surface area contributed by atoms with E-state index < -0.39 is 5.97 Å². The molecule has 0 fully saturated rings. The molecule has 0 radical (unpaired) electrons. The van der Waals surface area contributed by atoms with E-state index in [1.165, 1.54) is 4.88 Å². The molecule has 17 heavy (non-hydrogen) atoms. The highest BCUT2D eigenvalue weighted by molar-refractivity contribution is 7.20. The van der Waals surface area contributed by atoms with Gasteiger partial charge in [0.15, 0.2) is 0 Å². The number of carboxylic acids is 1. The van der Waals surface area contributed by atoms with Crippen LogP contribution in [0.2, 0.25) is 0 Å². The van der Waals surface area contributed by atoms with Crippen LogP contribution in [-0.4, -0.2) is 22.6 Å². The lowest BCUT2D eigenvalue weighted by molar-refractivity contribution is -0.136. The zero-order chi connectivity index (χ0) is 12.1. The van der Waals surface area contributed by atoms with Crippen LogP contribution in [0.1, 0.15) is 12.1 Å². The maximum atomic E-state index is 10.3. The quantitative estimate of drug-likeness (QED) is 0.790. The van der Waals surface area contributed by atoms with Crippen LogP contribution in [0.25, 0.3) is 9.88 Å². The minimum atomic E-state index is -0.782. The van der Waals surface area contributed by atoms with Gasteiger partial charge in [-0.3, -0.25) is 4.79 Å². The number of thiophene rings is 1. The molecule has 0 bridgehead atoms. The predicted octanol–water partition coefficient (Wildman–Crippen LogP) is 2.44. The Morgan fingerprint density at radius 3 is 3.06 bits per heavy atom. The Labute approximate surface area is 107 Å². The van der Waals surface area contributed by atoms with Gasteiger partial charge in [0.25, 0.3) is 0 Å². The van der Waals surface area contributed by atoms with Crippen LogP contribution in [0.15, 0.2) is 22.9 Å². The lowest BCUT2D eigenvalue weighted by Crippen LogP contribution is -2.17. The van der Waals surface area contributed by atoms with Crippen molar-refractivity contribution in [2.24, 2.45) is 0 Å². The maximum Gasteiger partial charge on any atom is 0.304 e. The number of thiazole rings is 1. The molecule has 90 valence electrons. The summed E-state index contributed by atoms with van der Waals surface area (Å²) >= 11 is 3.29. The van der Waals surface area contributed by atoms with Crippen LogP contribution in [0, 0.1) is 0 Å². The fraction of sp³-hybridized carbons (Fsp3) is 0.273. The number of nitrogens with zero attached hydrogens (tertiary/aromatic N) is 1. The molecule has 2 heterocycles. The number of hydrogen-bond donors (Lipinski definition) is 2. The van der Waals surface area contributed by atoms with Gasteiger partial charge in [-0.1, -0.05) is 6.07 Å². The lowest BCUT2D eigenvalue weighted by Gasteiger charge is -1.98. The van der Waals surface area contributed by atoms with Crippen LogP contribution < -0.4 is 5.32 Å². The summed E-state index contributed by atoms with van der Waals surface area (Å²) in [6, 6.07) is 4.05. The molecule has 0 saturated carbocycles. The van der Waals surface area contributed by atoms with E-state index in [1.807, 2.05) is 22.9 Å². The second-order valence-electron chi connectivity index (χ2n) is 3.44. The van der Waals surface area contributed by atoms with Crippen molar-refractivity contribution in [3.05, 3.63) is 28.6 Å². The third kappa shape index (κ3) is 3.62. The molecule has 4 nitrogen and oxygen atoms in total. The summed E-state index contributed by atoms with van der Waals surface area (Å²) in [7, 11) is 0. The molecule has 0 aliphatic carbocycles. The molecule has 0 aliphatic rings. The highest BCUT2D eigenvalue weighted by Gasteiger charge is 2.05. The monoisotopic (exact) mass is 268 g/mol. The van der Waals surface area contributed by atoms with Gasteiger partial charge >= 0.3 is 5.97 Å². The Morgan fingerprint density at radius 2 is 2.35 bits per heavy atom. The molecule has 0 aromatic carbocycles. The van der Waals surface area contributed by atoms with E-state index >= 15 is 0 Å². The van der Waals surface area contributed by atoms with Crippen molar-refractivity contribution in [2.75, 3.05) is 6.54 Å². The summed E-state index contributed by atoms with van der Waals surface area (Å²) in [6.07, 6.45) is 0.141. The van der Waals surface area contributed by atoms with Crippen molar-refractivity contribution in [1.82, 2.24) is 10.3 Å². The van der Waals surface area contributed by atoms with E-state index in [4.69, 9.17) is 5.11 Å². The topological polar surface area (TPSA) is 62.2 Å². The van der Waals surface area contributed by atoms with E-state index in [1.54, 1.807) is 22.7 Å². The van der Waals surface area contributed by atoms with Crippen molar-refractivity contribution < 1.29 is 9.90 Å². The summed E-state index contributed by atoms with van der Waals surface area (Å²) in [4.78, 5) is 16.0. The van der Waals surface area contributed by atoms with E-state index in [2.05, 4.69) is 10.3 Å². The summed E-state index contributed by atoms with van der Waals surface area (Å²) in [6.45, 7) is 1.09. The Bertz CT molecular complexity index is 479. The van der Waals surface area contributed by atoms with E-state index in [0.29, 0.717) is 13.1 Å². The smallest absolute Gasteiger partial charge is 0.304 e. The molecule has 0 spiro atoms. The van der Waals surface area contributed by atoms with Gasteiger partial charge in [-0.25, -0.2) is 4.98 Å². The molecule has 2 N–H and O–H groups in total. The first-order valence-corrected chi connectivity index (χ1v) is 6.92. The highest BCUT2D eigenvalue weighted by Crippen LogP contribution is 2.27. The Kier molecular flexibility index (Phi) is 4.24. The zero-order valence-electron chi connectivity index (χ0n) is 9.05. The predicted molar refractivity (Wildman–Crippen MR) is 69.4 cm³/mol. The molecule has 6 heteroatoms. The number of aromatic nitrogens is 1. The Balaban J connectivity index is 1.84. The van der Waals surface area contributed by atoms with E-state index in [0.717, 1.165) is 10.7 Å². The normalized spacial score (nSPS) is 10.6. The minimum absolute atomic E-state index is 0.141. The largest absolute Gasteiger partial charge is 0.481 e. The summed E-state index contributed by atoms with van der Waals surface area (Å²) in [5.74, 6) is -0.782. The van der Waals surface area contributed by atoms with Crippen molar-refractivity contribution in [2.45, 2.75) is 13.0 Å². The van der Waals surface area contributed by atoms with Gasteiger partial charge in [0, 0.05) is 18.5 Å². The summed E-state index contributed by atoms with van der Waals surface area (Å²) in [5.41, 5.74) is 0.962. The Hall–Kier alpha value is -1.24. The van der Waals surface area contributed by atoms with Gasteiger partial charge < -0.3 is 10.4 Å².